The summed E-state index contributed by atoms with van der Waals surface area (Å²) in [7, 11) is 0. The van der Waals surface area contributed by atoms with Gasteiger partial charge in [-0.1, -0.05) is 119 Å². The zero-order valence-corrected chi connectivity index (χ0v) is 37.2. The fourth-order valence-corrected chi connectivity index (χ4v) is 10.4. The second-order valence-electron chi connectivity index (χ2n) is 21.6. The maximum absolute atomic E-state index is 4.37. The quantitative estimate of drug-likeness (QED) is 0.175. The molecule has 298 valence electrons. The molecule has 0 aliphatic carbocycles. The van der Waals surface area contributed by atoms with Crippen molar-refractivity contribution in [1.82, 2.24) is 18.8 Å². The minimum atomic E-state index is -0.110. The van der Waals surface area contributed by atoms with E-state index in [9.17, 15) is 0 Å². The molecule has 4 nitrogen and oxygen atoms in total. The molecule has 0 N–H and O–H groups in total. The Bertz CT molecular complexity index is 3300. The van der Waals surface area contributed by atoms with Crippen molar-refractivity contribution in [2.45, 2.75) is 105 Å². The summed E-state index contributed by atoms with van der Waals surface area (Å²) in [5, 5.41) is 10.7. The number of fused-ring (bicyclic) bond motifs is 14. The predicted molar refractivity (Wildman–Crippen MR) is 257 cm³/mol. The average molecular weight is 783 g/mol. The molecule has 0 amide bonds. The van der Waals surface area contributed by atoms with E-state index in [0.29, 0.717) is 0 Å². The maximum atomic E-state index is 4.37. The molecule has 6 heterocycles. The Kier molecular flexibility index (Phi) is 7.31. The third-order valence-corrected chi connectivity index (χ3v) is 13.5. The van der Waals surface area contributed by atoms with Crippen LogP contribution in [0.3, 0.4) is 0 Å². The molecule has 60 heavy (non-hydrogen) atoms. The first-order valence-corrected chi connectivity index (χ1v) is 21.6. The second-order valence-corrected chi connectivity index (χ2v) is 21.6. The molecular formula is C56H54N4. The number of rotatable bonds is 2. The Morgan fingerprint density at radius 1 is 0.333 bits per heavy atom. The minimum absolute atomic E-state index is 0.0381. The molecule has 0 aliphatic heterocycles. The fourth-order valence-electron chi connectivity index (χ4n) is 10.4. The molecule has 0 saturated carbocycles. The van der Waals surface area contributed by atoms with E-state index in [-0.39, 0.29) is 21.7 Å². The van der Waals surface area contributed by atoms with Crippen LogP contribution in [0.4, 0.5) is 0 Å². The smallest absolute Gasteiger partial charge is 0.0634 e. The lowest BCUT2D eigenvalue weighted by Gasteiger charge is -2.26. The minimum Gasteiger partial charge on any atom is -0.308 e. The van der Waals surface area contributed by atoms with E-state index in [0.717, 1.165) is 0 Å². The van der Waals surface area contributed by atoms with E-state index in [1.807, 2.05) is 24.8 Å². The first-order chi connectivity index (χ1) is 28.3. The van der Waals surface area contributed by atoms with E-state index in [1.54, 1.807) is 0 Å². The standard InChI is InChI=1S/C56H54N4/c1-53(2,3)35-27-39-47-45-37-15-13-34(32-19-23-58-24-20-32)26-44(37)60-50-40(28-36(54(4,5)6)30-42(50)56(10,11)12)48(52(45)60)46-38-16-14-33(31-17-21-57-22-18-31)25-43(38)59(51(46)47)49(39)41(29-35)55(7,8)9/h13-30H,1-12H3. The Morgan fingerprint density at radius 3 is 1.02 bits per heavy atom. The number of nitrogens with zero attached hydrogens (tertiary/aromatic N) is 4. The highest BCUT2D eigenvalue weighted by molar-refractivity contribution is 6.45. The average Bonchev–Trinajstić information content (AvgIpc) is 3.92. The zero-order valence-electron chi connectivity index (χ0n) is 37.2. The van der Waals surface area contributed by atoms with Crippen molar-refractivity contribution in [3.05, 3.63) is 132 Å². The molecule has 11 aromatic rings. The summed E-state index contributed by atoms with van der Waals surface area (Å²) in [4.78, 5) is 8.73. The number of pyridine rings is 2. The van der Waals surface area contributed by atoms with E-state index in [1.165, 1.54) is 121 Å². The molecular weight excluding hydrogens is 729 g/mol. The van der Waals surface area contributed by atoms with Gasteiger partial charge in [0, 0.05) is 67.9 Å². The summed E-state index contributed by atoms with van der Waals surface area (Å²) in [5.41, 5.74) is 17.8. The fraction of sp³-hybridized carbons (Fsp3) is 0.286. The van der Waals surface area contributed by atoms with E-state index >= 15 is 0 Å². The Hall–Kier alpha value is -6.00. The molecule has 4 heteroatoms. The highest BCUT2D eigenvalue weighted by Gasteiger charge is 2.34. The van der Waals surface area contributed by atoms with Crippen molar-refractivity contribution in [1.29, 1.82) is 0 Å². The monoisotopic (exact) mass is 782 g/mol. The molecule has 0 radical (unpaired) electrons. The Balaban J connectivity index is 1.50. The van der Waals surface area contributed by atoms with Crippen LogP contribution in [0.5, 0.6) is 0 Å². The van der Waals surface area contributed by atoms with Crippen molar-refractivity contribution >= 4 is 76.2 Å². The van der Waals surface area contributed by atoms with Crippen molar-refractivity contribution in [2.24, 2.45) is 0 Å². The zero-order chi connectivity index (χ0) is 42.0. The van der Waals surface area contributed by atoms with Gasteiger partial charge in [0.2, 0.25) is 0 Å². The first-order valence-electron chi connectivity index (χ1n) is 21.6. The van der Waals surface area contributed by atoms with Gasteiger partial charge in [0.05, 0.1) is 33.1 Å². The van der Waals surface area contributed by atoms with Gasteiger partial charge in [-0.15, -0.1) is 0 Å². The number of hydrogen-bond donors (Lipinski definition) is 0. The summed E-state index contributed by atoms with van der Waals surface area (Å²) in [6.45, 7) is 28.5. The van der Waals surface area contributed by atoms with Crippen LogP contribution in [0.25, 0.3) is 98.4 Å². The number of benzene rings is 5. The molecule has 0 fully saturated rings. The van der Waals surface area contributed by atoms with Crippen LogP contribution in [-0.2, 0) is 21.7 Å². The summed E-state index contributed by atoms with van der Waals surface area (Å²) in [6.07, 6.45) is 7.61. The summed E-state index contributed by atoms with van der Waals surface area (Å²) in [5.74, 6) is 0. The van der Waals surface area contributed by atoms with Gasteiger partial charge >= 0.3 is 0 Å². The maximum Gasteiger partial charge on any atom is 0.0634 e. The van der Waals surface area contributed by atoms with Crippen molar-refractivity contribution in [3.8, 4) is 22.3 Å². The van der Waals surface area contributed by atoms with E-state index < -0.39 is 0 Å². The van der Waals surface area contributed by atoms with Gasteiger partial charge in [-0.3, -0.25) is 9.97 Å². The van der Waals surface area contributed by atoms with Gasteiger partial charge in [-0.2, -0.15) is 0 Å². The van der Waals surface area contributed by atoms with Crippen LogP contribution in [0.1, 0.15) is 105 Å². The molecule has 11 rings (SSSR count). The van der Waals surface area contributed by atoms with Crippen LogP contribution in [0.2, 0.25) is 0 Å². The topological polar surface area (TPSA) is 34.6 Å². The molecule has 0 saturated heterocycles. The number of hydrogen-bond acceptors (Lipinski definition) is 2. The van der Waals surface area contributed by atoms with Crippen LogP contribution in [0.15, 0.2) is 110 Å². The van der Waals surface area contributed by atoms with Crippen molar-refractivity contribution in [3.63, 3.8) is 0 Å². The van der Waals surface area contributed by atoms with Crippen molar-refractivity contribution < 1.29 is 0 Å². The van der Waals surface area contributed by atoms with Gasteiger partial charge in [0.1, 0.15) is 0 Å². The van der Waals surface area contributed by atoms with E-state index in [2.05, 4.69) is 187 Å². The lowest BCUT2D eigenvalue weighted by molar-refractivity contribution is 0.571. The SMILES string of the molecule is CC(C)(C)c1cc(C(C)(C)C)c2c(c1)c1c3c4ccc(-c5ccncc5)cc4n4c5c(C(C)(C)C)cc(C(C)(C)C)cc5c(c5c6ccc(-c7ccncc7)cc6n2c51)c34. The van der Waals surface area contributed by atoms with Gasteiger partial charge in [-0.05, 0) is 115 Å². The third kappa shape index (κ3) is 5.03. The lowest BCUT2D eigenvalue weighted by atomic mass is 9.79. The van der Waals surface area contributed by atoms with Crippen LogP contribution >= 0.6 is 0 Å². The van der Waals surface area contributed by atoms with Gasteiger partial charge < -0.3 is 8.80 Å². The summed E-state index contributed by atoms with van der Waals surface area (Å²) >= 11 is 0. The van der Waals surface area contributed by atoms with Crippen molar-refractivity contribution in [2.75, 3.05) is 0 Å². The Morgan fingerprint density at radius 2 is 0.683 bits per heavy atom. The molecule has 5 aromatic carbocycles. The first kappa shape index (κ1) is 37.0. The molecule has 0 spiro atoms. The summed E-state index contributed by atoms with van der Waals surface area (Å²) in [6, 6.07) is 33.0. The van der Waals surface area contributed by atoms with Crippen LogP contribution < -0.4 is 0 Å². The molecule has 0 atom stereocenters. The van der Waals surface area contributed by atoms with Gasteiger partial charge in [0.15, 0.2) is 0 Å². The van der Waals surface area contributed by atoms with Gasteiger partial charge in [-0.25, -0.2) is 0 Å². The van der Waals surface area contributed by atoms with E-state index in [4.69, 9.17) is 0 Å². The Labute approximate surface area is 352 Å². The summed E-state index contributed by atoms with van der Waals surface area (Å²) < 4.78 is 5.35. The highest BCUT2D eigenvalue weighted by Crippen LogP contribution is 2.55. The molecule has 0 bridgehead atoms. The van der Waals surface area contributed by atoms with Crippen LogP contribution in [-0.4, -0.2) is 18.8 Å². The lowest BCUT2D eigenvalue weighted by Crippen LogP contribution is -2.17. The molecule has 0 unspecified atom stereocenters. The molecule has 0 aliphatic rings. The third-order valence-electron chi connectivity index (χ3n) is 13.5. The predicted octanol–water partition coefficient (Wildman–Crippen LogP) is 15.3. The normalized spacial score (nSPS) is 13.7. The number of aromatic nitrogens is 4. The van der Waals surface area contributed by atoms with Crippen LogP contribution in [0, 0.1) is 0 Å². The second kappa shape index (κ2) is 11.8. The van der Waals surface area contributed by atoms with Gasteiger partial charge in [0.25, 0.3) is 0 Å². The highest BCUT2D eigenvalue weighted by atomic mass is 15.0. The largest absolute Gasteiger partial charge is 0.308 e. The molecule has 6 aromatic heterocycles.